The van der Waals surface area contributed by atoms with Crippen LogP contribution >= 0.6 is 0 Å². The second-order valence-corrected chi connectivity index (χ2v) is 3.08. The molecule has 1 rings (SSSR count). The van der Waals surface area contributed by atoms with Gasteiger partial charge in [0.05, 0.1) is 0 Å². The molecule has 0 bridgehead atoms. The zero-order valence-corrected chi connectivity index (χ0v) is 6.63. The van der Waals surface area contributed by atoms with Crippen LogP contribution in [0.3, 0.4) is 0 Å². The molecule has 62 valence electrons. The van der Waals surface area contributed by atoms with Crippen LogP contribution in [0.25, 0.3) is 0 Å². The van der Waals surface area contributed by atoms with Crippen molar-refractivity contribution in [3.05, 3.63) is 12.2 Å². The number of hydrogen-bond donors (Lipinski definition) is 2. The summed E-state index contributed by atoms with van der Waals surface area (Å²) in [6.07, 6.45) is 0.685. The molecule has 0 saturated carbocycles. The molecule has 0 amide bonds. The van der Waals surface area contributed by atoms with Crippen molar-refractivity contribution in [2.24, 2.45) is 5.92 Å². The van der Waals surface area contributed by atoms with Gasteiger partial charge in [0.1, 0.15) is 6.04 Å². The number of hydrogen-bond acceptors (Lipinski definition) is 2. The quantitative estimate of drug-likeness (QED) is 0.575. The maximum Gasteiger partial charge on any atom is 0.320 e. The smallest absolute Gasteiger partial charge is 0.320 e. The van der Waals surface area contributed by atoms with Gasteiger partial charge in [-0.1, -0.05) is 12.2 Å². The molecule has 1 aliphatic heterocycles. The van der Waals surface area contributed by atoms with Crippen LogP contribution in [0.2, 0.25) is 0 Å². The monoisotopic (exact) mass is 155 g/mol. The van der Waals surface area contributed by atoms with Crippen LogP contribution in [-0.4, -0.2) is 23.7 Å². The third kappa shape index (κ3) is 1.80. The summed E-state index contributed by atoms with van der Waals surface area (Å²) in [4.78, 5) is 10.5. The average Bonchev–Trinajstić information content (AvgIpc) is 2.33. The van der Waals surface area contributed by atoms with Crippen LogP contribution in [-0.2, 0) is 4.79 Å². The molecule has 2 atom stereocenters. The first-order valence-electron chi connectivity index (χ1n) is 3.73. The molecule has 0 aromatic rings. The lowest BCUT2D eigenvalue weighted by Crippen LogP contribution is -2.29. The van der Waals surface area contributed by atoms with Crippen LogP contribution in [0.4, 0.5) is 0 Å². The molecular formula is C8H13NO2. The van der Waals surface area contributed by atoms with Crippen molar-refractivity contribution in [3.8, 4) is 0 Å². The summed E-state index contributed by atoms with van der Waals surface area (Å²) < 4.78 is 0. The Morgan fingerprint density at radius 1 is 1.73 bits per heavy atom. The lowest BCUT2D eigenvalue weighted by Gasteiger charge is -2.05. The molecule has 11 heavy (non-hydrogen) atoms. The Bertz CT molecular complexity index is 169. The van der Waals surface area contributed by atoms with Gasteiger partial charge in [-0.15, -0.1) is 0 Å². The fourth-order valence-electron chi connectivity index (χ4n) is 1.30. The topological polar surface area (TPSA) is 49.3 Å². The van der Waals surface area contributed by atoms with Crippen molar-refractivity contribution in [2.45, 2.75) is 19.4 Å². The Morgan fingerprint density at radius 3 is 2.64 bits per heavy atom. The number of aliphatic carboxylic acids is 1. The van der Waals surface area contributed by atoms with E-state index < -0.39 is 5.97 Å². The molecule has 1 saturated heterocycles. The second kappa shape index (κ2) is 3.05. The molecule has 2 N–H and O–H groups in total. The molecule has 0 spiro atoms. The van der Waals surface area contributed by atoms with Crippen molar-refractivity contribution in [1.29, 1.82) is 0 Å². The first-order valence-corrected chi connectivity index (χ1v) is 3.73. The van der Waals surface area contributed by atoms with E-state index in [4.69, 9.17) is 5.11 Å². The van der Waals surface area contributed by atoms with Crippen molar-refractivity contribution in [1.82, 2.24) is 5.32 Å². The summed E-state index contributed by atoms with van der Waals surface area (Å²) in [5, 5.41) is 11.5. The van der Waals surface area contributed by atoms with Gasteiger partial charge in [0.15, 0.2) is 0 Å². The SMILES string of the molecule is C=C(C)[C@H]1CN[C@@H](C(=O)O)C1. The maximum absolute atomic E-state index is 10.5. The van der Waals surface area contributed by atoms with E-state index >= 15 is 0 Å². The highest BCUT2D eigenvalue weighted by Gasteiger charge is 2.28. The van der Waals surface area contributed by atoms with Gasteiger partial charge in [-0.2, -0.15) is 0 Å². The predicted molar refractivity (Wildman–Crippen MR) is 42.3 cm³/mol. The van der Waals surface area contributed by atoms with Gasteiger partial charge < -0.3 is 10.4 Å². The van der Waals surface area contributed by atoms with Crippen LogP contribution in [0.5, 0.6) is 0 Å². The van der Waals surface area contributed by atoms with Gasteiger partial charge in [-0.3, -0.25) is 4.79 Å². The van der Waals surface area contributed by atoms with Gasteiger partial charge in [0, 0.05) is 6.54 Å². The van der Waals surface area contributed by atoms with Crippen LogP contribution < -0.4 is 5.32 Å². The summed E-state index contributed by atoms with van der Waals surface area (Å²) >= 11 is 0. The first kappa shape index (κ1) is 8.27. The van der Waals surface area contributed by atoms with Crippen LogP contribution in [0.15, 0.2) is 12.2 Å². The summed E-state index contributed by atoms with van der Waals surface area (Å²) in [6, 6.07) is -0.364. The first-order chi connectivity index (χ1) is 5.11. The van der Waals surface area contributed by atoms with Gasteiger partial charge in [0.25, 0.3) is 0 Å². The maximum atomic E-state index is 10.5. The van der Waals surface area contributed by atoms with Crippen LogP contribution in [0.1, 0.15) is 13.3 Å². The number of carboxylic acids is 1. The lowest BCUT2D eigenvalue weighted by atomic mass is 9.99. The molecule has 0 aromatic carbocycles. The van der Waals surface area contributed by atoms with Gasteiger partial charge in [0.2, 0.25) is 0 Å². The summed E-state index contributed by atoms with van der Waals surface area (Å²) in [6.45, 7) is 6.50. The van der Waals surface area contributed by atoms with Crippen molar-refractivity contribution in [3.63, 3.8) is 0 Å². The standard InChI is InChI=1S/C8H13NO2/c1-5(2)6-3-7(8(10)11)9-4-6/h6-7,9H,1,3-4H2,2H3,(H,10,11)/t6-,7-/m1/s1. The van der Waals surface area contributed by atoms with E-state index in [1.807, 2.05) is 6.92 Å². The minimum Gasteiger partial charge on any atom is -0.480 e. The lowest BCUT2D eigenvalue weighted by molar-refractivity contribution is -0.139. The summed E-state index contributed by atoms with van der Waals surface area (Å²) in [7, 11) is 0. The van der Waals surface area contributed by atoms with Gasteiger partial charge >= 0.3 is 5.97 Å². The Morgan fingerprint density at radius 2 is 2.36 bits per heavy atom. The predicted octanol–water partition coefficient (Wildman–Crippen LogP) is 0.625. The van der Waals surface area contributed by atoms with Crippen LogP contribution in [0, 0.1) is 5.92 Å². The van der Waals surface area contributed by atoms with E-state index in [9.17, 15) is 4.79 Å². The number of nitrogens with one attached hydrogen (secondary N) is 1. The van der Waals surface area contributed by atoms with Crippen molar-refractivity contribution < 1.29 is 9.90 Å². The third-order valence-corrected chi connectivity index (χ3v) is 2.13. The van der Waals surface area contributed by atoms with E-state index in [1.54, 1.807) is 0 Å². The Kier molecular flexibility index (Phi) is 2.29. The van der Waals surface area contributed by atoms with Crippen molar-refractivity contribution >= 4 is 5.97 Å². The number of carbonyl (C=O) groups is 1. The minimum atomic E-state index is -0.756. The minimum absolute atomic E-state index is 0.344. The van der Waals surface area contributed by atoms with Gasteiger partial charge in [-0.25, -0.2) is 0 Å². The zero-order chi connectivity index (χ0) is 8.43. The Hall–Kier alpha value is -0.830. The third-order valence-electron chi connectivity index (χ3n) is 2.13. The molecule has 0 aliphatic carbocycles. The second-order valence-electron chi connectivity index (χ2n) is 3.08. The van der Waals surface area contributed by atoms with E-state index in [0.717, 1.165) is 12.1 Å². The normalized spacial score (nSPS) is 30.3. The Labute approximate surface area is 66.1 Å². The molecule has 3 heteroatoms. The Balaban J connectivity index is 2.47. The number of carboxylic acid groups (broad SMARTS) is 1. The number of rotatable bonds is 2. The molecular weight excluding hydrogens is 142 g/mol. The zero-order valence-electron chi connectivity index (χ0n) is 6.63. The molecule has 3 nitrogen and oxygen atoms in total. The molecule has 0 radical (unpaired) electrons. The molecule has 0 aromatic heterocycles. The average molecular weight is 155 g/mol. The molecule has 1 fully saturated rings. The molecule has 0 unspecified atom stereocenters. The highest BCUT2D eigenvalue weighted by Crippen LogP contribution is 2.20. The molecule has 1 heterocycles. The highest BCUT2D eigenvalue weighted by molar-refractivity contribution is 5.73. The fourth-order valence-corrected chi connectivity index (χ4v) is 1.30. The van der Waals surface area contributed by atoms with E-state index in [1.165, 1.54) is 0 Å². The highest BCUT2D eigenvalue weighted by atomic mass is 16.4. The summed E-state index contributed by atoms with van der Waals surface area (Å²) in [5.74, 6) is -0.412. The largest absolute Gasteiger partial charge is 0.480 e. The van der Waals surface area contributed by atoms with E-state index in [0.29, 0.717) is 12.3 Å². The molecule has 1 aliphatic rings. The fraction of sp³-hybridized carbons (Fsp3) is 0.625. The van der Waals surface area contributed by atoms with E-state index in [2.05, 4.69) is 11.9 Å². The van der Waals surface area contributed by atoms with E-state index in [-0.39, 0.29) is 6.04 Å². The summed E-state index contributed by atoms with van der Waals surface area (Å²) in [5.41, 5.74) is 1.07. The van der Waals surface area contributed by atoms with Gasteiger partial charge in [-0.05, 0) is 19.3 Å². The van der Waals surface area contributed by atoms with Crippen molar-refractivity contribution in [2.75, 3.05) is 6.54 Å².